The fourth-order valence-corrected chi connectivity index (χ4v) is 2.92. The lowest BCUT2D eigenvalue weighted by molar-refractivity contribution is 0.0853. The number of hydrogen-bond acceptors (Lipinski definition) is 4. The first-order chi connectivity index (χ1) is 6.27. The summed E-state index contributed by atoms with van der Waals surface area (Å²) in [5.74, 6) is 1.17. The summed E-state index contributed by atoms with van der Waals surface area (Å²) in [7, 11) is 0. The van der Waals surface area contributed by atoms with E-state index in [0.717, 1.165) is 34.8 Å². The second-order valence-corrected chi connectivity index (χ2v) is 5.45. The van der Waals surface area contributed by atoms with Gasteiger partial charge in [-0.1, -0.05) is 0 Å². The lowest BCUT2D eigenvalue weighted by Gasteiger charge is -2.19. The summed E-state index contributed by atoms with van der Waals surface area (Å²) in [4.78, 5) is 4.33. The fraction of sp³-hybridized carbons (Fsp3) is 0.625. The Bertz CT molecular complexity index is 277. The molecule has 1 aliphatic heterocycles. The summed E-state index contributed by atoms with van der Waals surface area (Å²) in [6.07, 6.45) is 2.14. The van der Waals surface area contributed by atoms with Gasteiger partial charge in [-0.15, -0.1) is 11.3 Å². The number of rotatable bonds is 1. The average molecular weight is 263 g/mol. The highest BCUT2D eigenvalue weighted by Crippen LogP contribution is 2.35. The number of nitrogens with zero attached hydrogens (tertiary/aromatic N) is 1. The molecule has 0 amide bonds. The first-order valence-electron chi connectivity index (χ1n) is 4.27. The molecule has 0 radical (unpaired) electrons. The predicted octanol–water partition coefficient (Wildman–Crippen LogP) is 2.38. The van der Waals surface area contributed by atoms with Crippen molar-refractivity contribution in [2.45, 2.75) is 18.8 Å². The molecule has 0 atom stereocenters. The summed E-state index contributed by atoms with van der Waals surface area (Å²) >= 11 is 5.03. The van der Waals surface area contributed by atoms with E-state index in [-0.39, 0.29) is 0 Å². The van der Waals surface area contributed by atoms with Crippen LogP contribution >= 0.6 is 27.3 Å². The van der Waals surface area contributed by atoms with Crippen LogP contribution < -0.4 is 5.73 Å². The van der Waals surface area contributed by atoms with E-state index < -0.39 is 0 Å². The third-order valence-corrected chi connectivity index (χ3v) is 4.11. The maximum absolute atomic E-state index is 5.67. The molecule has 0 aliphatic carbocycles. The lowest BCUT2D eigenvalue weighted by Crippen LogP contribution is -2.13. The molecule has 5 heteroatoms. The SMILES string of the molecule is Nc1nc(C2CCOCC2)sc1Br. The molecule has 1 fully saturated rings. The van der Waals surface area contributed by atoms with Gasteiger partial charge >= 0.3 is 0 Å². The van der Waals surface area contributed by atoms with Crippen LogP contribution in [0.15, 0.2) is 3.79 Å². The van der Waals surface area contributed by atoms with Crippen molar-refractivity contribution in [1.82, 2.24) is 4.98 Å². The summed E-state index contributed by atoms with van der Waals surface area (Å²) in [6, 6.07) is 0. The molecule has 1 aliphatic rings. The molecule has 1 saturated heterocycles. The fourth-order valence-electron chi connectivity index (χ4n) is 1.45. The van der Waals surface area contributed by atoms with Crippen molar-refractivity contribution in [1.29, 1.82) is 0 Å². The van der Waals surface area contributed by atoms with E-state index in [1.54, 1.807) is 11.3 Å². The van der Waals surface area contributed by atoms with E-state index in [1.165, 1.54) is 0 Å². The minimum absolute atomic E-state index is 0.548. The van der Waals surface area contributed by atoms with Gasteiger partial charge in [0.25, 0.3) is 0 Å². The molecule has 3 nitrogen and oxygen atoms in total. The van der Waals surface area contributed by atoms with E-state index in [0.29, 0.717) is 11.7 Å². The van der Waals surface area contributed by atoms with Gasteiger partial charge in [-0.05, 0) is 28.8 Å². The van der Waals surface area contributed by atoms with E-state index >= 15 is 0 Å². The van der Waals surface area contributed by atoms with Crippen LogP contribution in [0.1, 0.15) is 23.8 Å². The lowest BCUT2D eigenvalue weighted by atomic mass is 10.0. The van der Waals surface area contributed by atoms with Gasteiger partial charge in [0.15, 0.2) is 0 Å². The van der Waals surface area contributed by atoms with Gasteiger partial charge in [-0.2, -0.15) is 0 Å². The Hall–Kier alpha value is -0.130. The van der Waals surface area contributed by atoms with Gasteiger partial charge in [0.2, 0.25) is 0 Å². The molecule has 0 bridgehead atoms. The third kappa shape index (κ3) is 2.03. The van der Waals surface area contributed by atoms with Crippen molar-refractivity contribution >= 4 is 33.1 Å². The van der Waals surface area contributed by atoms with Gasteiger partial charge in [-0.3, -0.25) is 0 Å². The number of ether oxygens (including phenoxy) is 1. The number of aromatic nitrogens is 1. The van der Waals surface area contributed by atoms with Crippen molar-refractivity contribution in [3.63, 3.8) is 0 Å². The minimum Gasteiger partial charge on any atom is -0.382 e. The van der Waals surface area contributed by atoms with Crippen molar-refractivity contribution in [3.05, 3.63) is 8.79 Å². The zero-order chi connectivity index (χ0) is 9.26. The molecular formula is C8H11BrN2OS. The van der Waals surface area contributed by atoms with Crippen LogP contribution in [0, 0.1) is 0 Å². The predicted molar refractivity (Wildman–Crippen MR) is 57.0 cm³/mol. The van der Waals surface area contributed by atoms with Gasteiger partial charge in [0.1, 0.15) is 9.60 Å². The number of nitrogen functional groups attached to an aromatic ring is 1. The van der Waals surface area contributed by atoms with E-state index in [1.807, 2.05) is 0 Å². The Morgan fingerprint density at radius 1 is 1.46 bits per heavy atom. The first kappa shape index (κ1) is 9.43. The largest absolute Gasteiger partial charge is 0.382 e. The summed E-state index contributed by atoms with van der Waals surface area (Å²) in [6.45, 7) is 1.70. The molecule has 13 heavy (non-hydrogen) atoms. The van der Waals surface area contributed by atoms with E-state index in [4.69, 9.17) is 10.5 Å². The zero-order valence-corrected chi connectivity index (χ0v) is 9.53. The molecule has 0 saturated carbocycles. The van der Waals surface area contributed by atoms with Crippen LogP contribution in [-0.2, 0) is 4.74 Å². The van der Waals surface area contributed by atoms with Crippen LogP contribution in [0.3, 0.4) is 0 Å². The molecule has 2 rings (SSSR count). The monoisotopic (exact) mass is 262 g/mol. The number of halogens is 1. The highest BCUT2D eigenvalue weighted by atomic mass is 79.9. The Balaban J connectivity index is 2.14. The summed E-state index contributed by atoms with van der Waals surface area (Å²) < 4.78 is 6.24. The van der Waals surface area contributed by atoms with Crippen molar-refractivity contribution < 1.29 is 4.74 Å². The Morgan fingerprint density at radius 2 is 2.15 bits per heavy atom. The summed E-state index contributed by atoms with van der Waals surface area (Å²) in [5, 5.41) is 1.15. The van der Waals surface area contributed by atoms with Gasteiger partial charge < -0.3 is 10.5 Å². The number of nitrogens with two attached hydrogens (primary N) is 1. The average Bonchev–Trinajstić information content (AvgIpc) is 2.49. The van der Waals surface area contributed by atoms with Crippen molar-refractivity contribution in [2.75, 3.05) is 18.9 Å². The minimum atomic E-state index is 0.548. The maximum Gasteiger partial charge on any atom is 0.149 e. The molecule has 0 spiro atoms. The normalized spacial score (nSPS) is 19.2. The molecule has 0 aromatic carbocycles. The van der Waals surface area contributed by atoms with Crippen LogP contribution in [0.5, 0.6) is 0 Å². The van der Waals surface area contributed by atoms with Crippen molar-refractivity contribution in [2.24, 2.45) is 0 Å². The highest BCUT2D eigenvalue weighted by Gasteiger charge is 2.20. The molecule has 1 aromatic rings. The maximum atomic E-state index is 5.67. The quantitative estimate of drug-likeness (QED) is 0.846. The van der Waals surface area contributed by atoms with Crippen LogP contribution in [0.25, 0.3) is 0 Å². The molecule has 1 aromatic heterocycles. The second kappa shape index (κ2) is 3.94. The van der Waals surface area contributed by atoms with Crippen molar-refractivity contribution in [3.8, 4) is 0 Å². The summed E-state index contributed by atoms with van der Waals surface area (Å²) in [5.41, 5.74) is 5.67. The molecule has 0 unspecified atom stereocenters. The molecule has 2 heterocycles. The second-order valence-electron chi connectivity index (χ2n) is 3.10. The van der Waals surface area contributed by atoms with Crippen LogP contribution in [-0.4, -0.2) is 18.2 Å². The Kier molecular flexibility index (Phi) is 2.86. The Labute approximate surface area is 89.4 Å². The number of hydrogen-bond donors (Lipinski definition) is 1. The van der Waals surface area contributed by atoms with Crippen LogP contribution in [0.2, 0.25) is 0 Å². The molecule has 72 valence electrons. The topological polar surface area (TPSA) is 48.1 Å². The number of thiazole rings is 1. The van der Waals surface area contributed by atoms with Gasteiger partial charge in [0.05, 0.1) is 5.01 Å². The smallest absolute Gasteiger partial charge is 0.149 e. The zero-order valence-electron chi connectivity index (χ0n) is 7.12. The highest BCUT2D eigenvalue weighted by molar-refractivity contribution is 9.11. The van der Waals surface area contributed by atoms with Crippen LogP contribution in [0.4, 0.5) is 5.82 Å². The first-order valence-corrected chi connectivity index (χ1v) is 5.88. The van der Waals surface area contributed by atoms with E-state index in [2.05, 4.69) is 20.9 Å². The third-order valence-electron chi connectivity index (χ3n) is 2.20. The number of anilines is 1. The van der Waals surface area contributed by atoms with Gasteiger partial charge in [0, 0.05) is 19.1 Å². The van der Waals surface area contributed by atoms with E-state index in [9.17, 15) is 0 Å². The molecular weight excluding hydrogens is 252 g/mol. The molecule has 2 N–H and O–H groups in total. The standard InChI is InChI=1S/C8H11BrN2OS/c9-6-7(10)11-8(13-6)5-1-3-12-4-2-5/h5H,1-4,10H2. The Morgan fingerprint density at radius 3 is 2.69 bits per heavy atom. The van der Waals surface area contributed by atoms with Gasteiger partial charge in [-0.25, -0.2) is 4.98 Å².